The maximum Gasteiger partial charge on any atom is 0.259 e. The normalized spacial score (nSPS) is 13.1. The Labute approximate surface area is 125 Å². The standard InChI is InChI=1S/C12H23N5O3S/c1-9(13)4-6-14-11(18)5-7-15-21(19,20)12-8-17(3)10(2)16-12/h8-9,15H,4-7,13H2,1-3H3,(H,14,18). The molecule has 0 fully saturated rings. The van der Waals surface area contributed by atoms with Gasteiger partial charge in [-0.05, 0) is 20.3 Å². The number of aromatic nitrogens is 2. The van der Waals surface area contributed by atoms with E-state index in [2.05, 4.69) is 15.0 Å². The van der Waals surface area contributed by atoms with Crippen LogP contribution in [-0.4, -0.2) is 43.0 Å². The summed E-state index contributed by atoms with van der Waals surface area (Å²) in [6.45, 7) is 4.09. The minimum Gasteiger partial charge on any atom is -0.356 e. The zero-order valence-electron chi connectivity index (χ0n) is 12.6. The lowest BCUT2D eigenvalue weighted by molar-refractivity contribution is -0.120. The van der Waals surface area contributed by atoms with Gasteiger partial charge in [-0.3, -0.25) is 4.79 Å². The molecule has 9 heteroatoms. The molecule has 0 aliphatic rings. The Morgan fingerprint density at radius 3 is 2.67 bits per heavy atom. The number of carbonyl (C=O) groups is 1. The van der Waals surface area contributed by atoms with Gasteiger partial charge < -0.3 is 15.6 Å². The number of amides is 1. The molecule has 0 saturated heterocycles. The molecule has 0 bridgehead atoms. The smallest absolute Gasteiger partial charge is 0.259 e. The quantitative estimate of drug-likeness (QED) is 0.583. The Balaban J connectivity index is 2.39. The molecule has 0 radical (unpaired) electrons. The molecule has 0 aliphatic carbocycles. The largest absolute Gasteiger partial charge is 0.356 e. The van der Waals surface area contributed by atoms with E-state index in [1.165, 1.54) is 6.20 Å². The van der Waals surface area contributed by atoms with Gasteiger partial charge in [0, 0.05) is 38.8 Å². The lowest BCUT2D eigenvalue weighted by Gasteiger charge is -2.07. The fourth-order valence-electron chi connectivity index (χ4n) is 1.56. The predicted octanol–water partition coefficient (Wildman–Crippen LogP) is -0.750. The predicted molar refractivity (Wildman–Crippen MR) is 79.0 cm³/mol. The van der Waals surface area contributed by atoms with Crippen molar-refractivity contribution >= 4 is 15.9 Å². The molecule has 0 aliphatic heterocycles. The average Bonchev–Trinajstić information content (AvgIpc) is 2.69. The molecule has 21 heavy (non-hydrogen) atoms. The minimum absolute atomic E-state index is 0.0243. The number of nitrogens with zero attached hydrogens (tertiary/aromatic N) is 2. The van der Waals surface area contributed by atoms with Crippen molar-refractivity contribution in [1.29, 1.82) is 0 Å². The van der Waals surface area contributed by atoms with Crippen molar-refractivity contribution in [2.45, 2.75) is 37.8 Å². The number of rotatable bonds is 8. The lowest BCUT2D eigenvalue weighted by atomic mass is 10.2. The highest BCUT2D eigenvalue weighted by Gasteiger charge is 2.18. The van der Waals surface area contributed by atoms with Crippen LogP contribution in [0.4, 0.5) is 0 Å². The molecule has 1 rings (SSSR count). The third-order valence-corrected chi connectivity index (χ3v) is 4.26. The van der Waals surface area contributed by atoms with Gasteiger partial charge in [0.1, 0.15) is 5.82 Å². The van der Waals surface area contributed by atoms with Gasteiger partial charge in [-0.1, -0.05) is 0 Å². The zero-order chi connectivity index (χ0) is 16.0. The van der Waals surface area contributed by atoms with Crippen LogP contribution in [0.1, 0.15) is 25.6 Å². The molecule has 120 valence electrons. The second kappa shape index (κ2) is 7.53. The van der Waals surface area contributed by atoms with E-state index in [1.54, 1.807) is 18.5 Å². The first-order valence-corrected chi connectivity index (χ1v) is 8.22. The maximum atomic E-state index is 11.9. The van der Waals surface area contributed by atoms with Crippen LogP contribution in [0.25, 0.3) is 0 Å². The molecule has 4 N–H and O–H groups in total. The third kappa shape index (κ3) is 5.82. The van der Waals surface area contributed by atoms with E-state index in [9.17, 15) is 13.2 Å². The number of imidazole rings is 1. The van der Waals surface area contributed by atoms with Gasteiger partial charge in [-0.25, -0.2) is 18.1 Å². The van der Waals surface area contributed by atoms with E-state index in [0.29, 0.717) is 18.8 Å². The summed E-state index contributed by atoms with van der Waals surface area (Å²) in [6, 6.07) is 0.0243. The molecule has 1 heterocycles. The second-order valence-corrected chi connectivity index (χ2v) is 6.71. The summed E-state index contributed by atoms with van der Waals surface area (Å²) in [5.41, 5.74) is 5.56. The van der Waals surface area contributed by atoms with E-state index < -0.39 is 10.0 Å². The fourth-order valence-corrected chi connectivity index (χ4v) is 2.62. The molecule has 1 unspecified atom stereocenters. The van der Waals surface area contributed by atoms with Crippen LogP contribution >= 0.6 is 0 Å². The molecule has 0 aromatic carbocycles. The Bertz CT molecular complexity index is 560. The summed E-state index contributed by atoms with van der Waals surface area (Å²) in [5, 5.41) is 2.64. The molecule has 1 aromatic rings. The summed E-state index contributed by atoms with van der Waals surface area (Å²) in [4.78, 5) is 15.4. The molecule has 1 amide bonds. The lowest BCUT2D eigenvalue weighted by Crippen LogP contribution is -2.33. The highest BCUT2D eigenvalue weighted by Crippen LogP contribution is 2.07. The average molecular weight is 317 g/mol. The van der Waals surface area contributed by atoms with Crippen LogP contribution in [0.2, 0.25) is 0 Å². The van der Waals surface area contributed by atoms with Crippen LogP contribution in [0.3, 0.4) is 0 Å². The van der Waals surface area contributed by atoms with E-state index in [1.807, 2.05) is 6.92 Å². The zero-order valence-corrected chi connectivity index (χ0v) is 13.4. The van der Waals surface area contributed by atoms with Gasteiger partial charge in [-0.2, -0.15) is 0 Å². The first kappa shape index (κ1) is 17.6. The SMILES string of the molecule is Cc1nc(S(=O)(=O)NCCC(=O)NCCC(C)N)cn1C. The number of nitrogens with two attached hydrogens (primary N) is 1. The summed E-state index contributed by atoms with van der Waals surface area (Å²) in [5.74, 6) is 0.388. The van der Waals surface area contributed by atoms with E-state index in [4.69, 9.17) is 5.73 Å². The number of hydrogen-bond donors (Lipinski definition) is 3. The summed E-state index contributed by atoms with van der Waals surface area (Å²) in [6.07, 6.45) is 2.19. The highest BCUT2D eigenvalue weighted by molar-refractivity contribution is 7.89. The van der Waals surface area contributed by atoms with Crippen LogP contribution in [0.5, 0.6) is 0 Å². The molecule has 1 aromatic heterocycles. The van der Waals surface area contributed by atoms with Crippen LogP contribution < -0.4 is 15.8 Å². The fraction of sp³-hybridized carbons (Fsp3) is 0.667. The second-order valence-electron chi connectivity index (χ2n) is 5.00. The van der Waals surface area contributed by atoms with E-state index in [0.717, 1.165) is 0 Å². The van der Waals surface area contributed by atoms with Crippen molar-refractivity contribution in [3.05, 3.63) is 12.0 Å². The summed E-state index contributed by atoms with van der Waals surface area (Å²) < 4.78 is 27.9. The third-order valence-electron chi connectivity index (χ3n) is 2.93. The summed E-state index contributed by atoms with van der Waals surface area (Å²) in [7, 11) is -1.96. The molecular weight excluding hydrogens is 294 g/mol. The molecule has 1 atom stereocenters. The number of sulfonamides is 1. The van der Waals surface area contributed by atoms with Crippen molar-refractivity contribution in [1.82, 2.24) is 19.6 Å². The first-order chi connectivity index (χ1) is 9.72. The molecular formula is C12H23N5O3S. The number of hydrogen-bond acceptors (Lipinski definition) is 5. The Morgan fingerprint density at radius 1 is 1.48 bits per heavy atom. The van der Waals surface area contributed by atoms with Crippen molar-refractivity contribution in [3.8, 4) is 0 Å². The minimum atomic E-state index is -3.67. The van der Waals surface area contributed by atoms with E-state index in [-0.39, 0.29) is 29.9 Å². The van der Waals surface area contributed by atoms with E-state index >= 15 is 0 Å². The van der Waals surface area contributed by atoms with Crippen molar-refractivity contribution < 1.29 is 13.2 Å². The summed E-state index contributed by atoms with van der Waals surface area (Å²) >= 11 is 0. The monoisotopic (exact) mass is 317 g/mol. The number of nitrogens with one attached hydrogen (secondary N) is 2. The van der Waals surface area contributed by atoms with Crippen molar-refractivity contribution in [3.63, 3.8) is 0 Å². The topological polar surface area (TPSA) is 119 Å². The van der Waals surface area contributed by atoms with Gasteiger partial charge >= 0.3 is 0 Å². The molecule has 0 saturated carbocycles. The van der Waals surface area contributed by atoms with Gasteiger partial charge in [0.25, 0.3) is 10.0 Å². The highest BCUT2D eigenvalue weighted by atomic mass is 32.2. The number of aryl methyl sites for hydroxylation is 2. The van der Waals surface area contributed by atoms with Crippen LogP contribution in [0, 0.1) is 6.92 Å². The first-order valence-electron chi connectivity index (χ1n) is 6.74. The van der Waals surface area contributed by atoms with Gasteiger partial charge in [0.15, 0.2) is 5.03 Å². The molecule has 8 nitrogen and oxygen atoms in total. The van der Waals surface area contributed by atoms with Gasteiger partial charge in [0.2, 0.25) is 5.91 Å². The number of carbonyl (C=O) groups excluding carboxylic acids is 1. The maximum absolute atomic E-state index is 11.9. The van der Waals surface area contributed by atoms with Gasteiger partial charge in [0.05, 0.1) is 0 Å². The Morgan fingerprint density at radius 2 is 2.14 bits per heavy atom. The Kier molecular flexibility index (Phi) is 6.31. The van der Waals surface area contributed by atoms with Crippen molar-refractivity contribution in [2.24, 2.45) is 12.8 Å². The Hall–Kier alpha value is -1.45. The van der Waals surface area contributed by atoms with Crippen molar-refractivity contribution in [2.75, 3.05) is 13.1 Å². The van der Waals surface area contributed by atoms with Crippen LogP contribution in [0.15, 0.2) is 11.2 Å². The van der Waals surface area contributed by atoms with Crippen LogP contribution in [-0.2, 0) is 21.9 Å². The van der Waals surface area contributed by atoms with Gasteiger partial charge in [-0.15, -0.1) is 0 Å². The molecule has 0 spiro atoms.